The molecule has 0 atom stereocenters. The molecule has 0 aliphatic rings. The van der Waals surface area contributed by atoms with Crippen molar-refractivity contribution in [3.8, 4) is 0 Å². The number of hydrogen-bond acceptors (Lipinski definition) is 23. The Kier molecular flexibility index (Phi) is 30.0. The minimum absolute atomic E-state index is 0. The van der Waals surface area contributed by atoms with Crippen molar-refractivity contribution < 1.29 is 279 Å². The number of carbonyl (C=O) groups excluding carboxylic acids is 5. The summed E-state index contributed by atoms with van der Waals surface area (Å²) in [5, 5.41) is 11.8. The maximum Gasteiger partial charge on any atom is 1.00 e. The predicted molar refractivity (Wildman–Crippen MR) is 286 cm³/mol. The van der Waals surface area contributed by atoms with E-state index in [0.29, 0.717) is 36.4 Å². The third kappa shape index (κ3) is 20.9. The van der Waals surface area contributed by atoms with E-state index in [0.717, 1.165) is 24.3 Å². The summed E-state index contributed by atoms with van der Waals surface area (Å²) in [6.07, 6.45) is 0. The van der Waals surface area contributed by atoms with Crippen LogP contribution >= 0.6 is 0 Å². The Labute approximate surface area is 644 Å². The molecule has 6 N–H and O–H groups in total. The molecule has 0 aromatic heterocycles. The van der Waals surface area contributed by atoms with Crippen molar-refractivity contribution in [2.45, 2.75) is 29.4 Å². The summed E-state index contributed by atoms with van der Waals surface area (Å²) in [5.74, 6) is -3.48. The van der Waals surface area contributed by atoms with Crippen LogP contribution in [-0.4, -0.2) is 107 Å². The first kappa shape index (κ1) is 83.0. The first-order chi connectivity index (χ1) is 38.9. The van der Waals surface area contributed by atoms with E-state index in [9.17, 15) is 102 Å². The van der Waals surface area contributed by atoms with Crippen LogP contribution in [-0.2, 0) is 60.7 Å². The largest absolute Gasteiger partial charge is 1.00 e. The van der Waals surface area contributed by atoms with Crippen molar-refractivity contribution in [1.82, 2.24) is 0 Å². The predicted octanol–water partition coefficient (Wildman–Crippen LogP) is -13.9. The molecule has 8 aromatic rings. The molecule has 0 heterocycles. The second-order valence-electron chi connectivity index (χ2n) is 17.4. The van der Waals surface area contributed by atoms with E-state index in [1.165, 1.54) is 72.8 Å². The van der Waals surface area contributed by atoms with Gasteiger partial charge in [-0.1, -0.05) is 0 Å². The fraction of sp³-hybridized carbons (Fsp3) is 0. The summed E-state index contributed by atoms with van der Waals surface area (Å²) in [6, 6.07) is 23.4. The molecular formula is C49H30N6Na6O23S6. The zero-order valence-corrected chi connectivity index (χ0v) is 64.1. The van der Waals surface area contributed by atoms with Crippen LogP contribution in [0, 0.1) is 0 Å². The van der Waals surface area contributed by atoms with Crippen LogP contribution in [0.3, 0.4) is 0 Å². The van der Waals surface area contributed by atoms with Gasteiger partial charge in [0, 0.05) is 55.8 Å². The van der Waals surface area contributed by atoms with Crippen molar-refractivity contribution in [2.24, 2.45) is 0 Å². The van der Waals surface area contributed by atoms with Crippen molar-refractivity contribution >= 4 is 146 Å². The van der Waals surface area contributed by atoms with Gasteiger partial charge in [0.15, 0.2) is 0 Å². The minimum atomic E-state index is -5.61. The van der Waals surface area contributed by atoms with E-state index < -0.39 is 153 Å². The Morgan fingerprint density at radius 1 is 0.267 bits per heavy atom. The van der Waals surface area contributed by atoms with Crippen LogP contribution in [0.4, 0.5) is 38.9 Å². The Balaban J connectivity index is 0.00000460. The van der Waals surface area contributed by atoms with Gasteiger partial charge in [0.1, 0.15) is 60.7 Å². The molecule has 29 nitrogen and oxygen atoms in total. The number of anilines is 6. The molecule has 436 valence electrons. The van der Waals surface area contributed by atoms with Crippen molar-refractivity contribution in [3.63, 3.8) is 0 Å². The first-order valence-electron chi connectivity index (χ1n) is 22.6. The Morgan fingerprint density at radius 2 is 0.478 bits per heavy atom. The zero-order valence-electron chi connectivity index (χ0n) is 47.2. The first-order valence-corrected chi connectivity index (χ1v) is 31.1. The van der Waals surface area contributed by atoms with E-state index in [4.69, 9.17) is 0 Å². The van der Waals surface area contributed by atoms with Crippen LogP contribution in [0.5, 0.6) is 0 Å². The topological polar surface area (TPSA) is 501 Å². The molecule has 8 aromatic carbocycles. The zero-order chi connectivity index (χ0) is 61.6. The maximum absolute atomic E-state index is 13.3. The summed E-state index contributed by atoms with van der Waals surface area (Å²) in [4.78, 5) is 58.3. The normalized spacial score (nSPS) is 11.4. The Morgan fingerprint density at radius 3 is 0.700 bits per heavy atom. The molecule has 0 bridgehead atoms. The second kappa shape index (κ2) is 32.6. The molecule has 41 heteroatoms. The van der Waals surface area contributed by atoms with Crippen LogP contribution < -0.4 is 209 Å². The number of urea groups is 1. The second-order valence-corrected chi connectivity index (χ2v) is 25.6. The molecule has 0 aliphatic carbocycles. The minimum Gasteiger partial charge on any atom is -0.744 e. The number of nitrogens with one attached hydrogen (secondary N) is 6. The van der Waals surface area contributed by atoms with Gasteiger partial charge in [-0.2, -0.15) is 0 Å². The summed E-state index contributed by atoms with van der Waals surface area (Å²) in [5.41, 5.74) is -1.00. The van der Waals surface area contributed by atoms with Crippen LogP contribution in [0.15, 0.2) is 175 Å². The molecule has 0 saturated heterocycles. The molecule has 0 radical (unpaired) electrons. The van der Waals surface area contributed by atoms with Crippen LogP contribution in [0.1, 0.15) is 41.4 Å². The fourth-order valence-electron chi connectivity index (χ4n) is 7.92. The smallest absolute Gasteiger partial charge is 0.744 e. The van der Waals surface area contributed by atoms with E-state index >= 15 is 0 Å². The standard InChI is InChI=1S/C49H36N6O23S6.6Na/c56-45(50-31-9-1-27(2-10-31)47(58)54-39-21-35(79(61,62)63)17-29-19-37(81(67,68)69)23-41(43(29)39)83(73,74)75)25-5-13-33(14-6-25)52-49(60)53-34-15-7-26(8-16-34)46(57)51-32-11-3-28(4-12-32)48(59)55-40-22-36(80(64,65)66)18-30-20-38(82(70,71)72)24-42(44(30)40)84(76,77)78;;;;;;/h1-24H,(H,50,56)(H,51,57)(H,54,58)(H,55,59)(H2,52,53,60)(H,61,62,63)(H,64,65,66)(H,67,68,69)(H,70,71,72)(H,73,74,75)(H,76,77,78);;;;;;/q;6*+1/p-6. The van der Waals surface area contributed by atoms with Gasteiger partial charge < -0.3 is 59.2 Å². The third-order valence-electron chi connectivity index (χ3n) is 11.7. The van der Waals surface area contributed by atoms with Gasteiger partial charge in [0.2, 0.25) is 0 Å². The van der Waals surface area contributed by atoms with Gasteiger partial charge in [0.25, 0.3) is 23.6 Å². The summed E-state index contributed by atoms with van der Waals surface area (Å²) < 4.78 is 215. The molecule has 0 fully saturated rings. The number of benzene rings is 8. The van der Waals surface area contributed by atoms with Gasteiger partial charge in [-0.05, 0) is 156 Å². The molecule has 6 amide bonds. The molecule has 0 unspecified atom stereocenters. The number of fused-ring (bicyclic) bond motifs is 2. The van der Waals surface area contributed by atoms with Gasteiger partial charge in [-0.15, -0.1) is 0 Å². The van der Waals surface area contributed by atoms with Gasteiger partial charge in [-0.25, -0.2) is 55.3 Å². The molecule has 0 aliphatic heterocycles. The van der Waals surface area contributed by atoms with E-state index in [2.05, 4.69) is 31.9 Å². The molecule has 0 spiro atoms. The number of rotatable bonds is 16. The van der Waals surface area contributed by atoms with E-state index in [1.807, 2.05) is 0 Å². The average Bonchev–Trinajstić information content (AvgIpc) is 0.796. The monoisotopic (exact) mass is 1400 g/mol. The van der Waals surface area contributed by atoms with Crippen molar-refractivity contribution in [1.29, 1.82) is 0 Å². The van der Waals surface area contributed by atoms with E-state index in [-0.39, 0.29) is 234 Å². The van der Waals surface area contributed by atoms with E-state index in [1.54, 1.807) is 0 Å². The van der Waals surface area contributed by atoms with Gasteiger partial charge in [0.05, 0.1) is 40.7 Å². The number of hydrogen-bond donors (Lipinski definition) is 6. The molecular weight excluding hydrogens is 1370 g/mol. The number of amides is 6. The molecule has 0 saturated carbocycles. The van der Waals surface area contributed by atoms with Crippen molar-refractivity contribution in [2.75, 3.05) is 31.9 Å². The maximum atomic E-state index is 13.3. The fourth-order valence-corrected chi connectivity index (χ4v) is 11.7. The summed E-state index contributed by atoms with van der Waals surface area (Å²) in [7, 11) is -32.8. The Bertz CT molecular complexity index is 4550. The van der Waals surface area contributed by atoms with Gasteiger partial charge in [-0.3, -0.25) is 19.2 Å². The SMILES string of the molecule is O=C(Nc1ccc(C(=O)Nc2ccc(C(=O)Nc3cc(S(=O)(=O)[O-])cc4cc(S(=O)(=O)[O-])cc(S(=O)(=O)[O-])c34)cc2)cc1)Nc1ccc(C(=O)Nc2ccc(C(=O)Nc3cc(S(=O)(=O)[O-])cc4cc(S(=O)(=O)[O-])cc(S(=O)(=O)[O-])c34)cc2)cc1.[Na+].[Na+].[Na+].[Na+].[Na+].[Na+]. The van der Waals surface area contributed by atoms with Crippen LogP contribution in [0.2, 0.25) is 0 Å². The molecule has 8 rings (SSSR count). The summed E-state index contributed by atoms with van der Waals surface area (Å²) in [6.45, 7) is 0. The Hall–Kier alpha value is -3.11. The quantitative estimate of drug-likeness (QED) is 0.0386. The number of carbonyl (C=O) groups is 5. The van der Waals surface area contributed by atoms with Gasteiger partial charge >= 0.3 is 183 Å². The average molecular weight is 1400 g/mol. The summed E-state index contributed by atoms with van der Waals surface area (Å²) >= 11 is 0. The molecule has 90 heavy (non-hydrogen) atoms. The van der Waals surface area contributed by atoms with Crippen LogP contribution in [0.25, 0.3) is 21.5 Å². The third-order valence-corrected chi connectivity index (χ3v) is 16.7. The van der Waals surface area contributed by atoms with Crippen molar-refractivity contribution in [3.05, 3.63) is 168 Å².